The standard InChI is InChI=1S/C42H54FN7O5/c1-41(2,3)55-40(54)50-26-31(27-50)47-16-12-42(13-17-47)24-30(25-42)46-14-10-29(11-15-46)38(52)48-18-20-49(21-19-48)39(53)34-22-28(8-9-35(34)43)23-36-32-6-4-5-7-33(32)37(51)45-44-36/h4-9,22,29-31H,10-21,23-27H2,1-3H3,(H,45,51). The van der Waals surface area contributed by atoms with Gasteiger partial charge in [0, 0.05) is 69.1 Å². The van der Waals surface area contributed by atoms with Crippen LogP contribution in [-0.2, 0) is 16.0 Å². The van der Waals surface area contributed by atoms with E-state index in [1.807, 2.05) is 42.7 Å². The van der Waals surface area contributed by atoms with Gasteiger partial charge in [0.2, 0.25) is 5.91 Å². The molecule has 1 N–H and O–H groups in total. The lowest BCUT2D eigenvalue weighted by Crippen LogP contribution is -2.64. The number of amides is 3. The van der Waals surface area contributed by atoms with Crippen LogP contribution in [-0.4, -0.2) is 136 Å². The molecular weight excluding hydrogens is 702 g/mol. The molecule has 4 saturated heterocycles. The molecule has 55 heavy (non-hydrogen) atoms. The average Bonchev–Trinajstić information content (AvgIpc) is 3.14. The van der Waals surface area contributed by atoms with E-state index >= 15 is 4.39 Å². The summed E-state index contributed by atoms with van der Waals surface area (Å²) in [6.07, 6.45) is 6.79. The van der Waals surface area contributed by atoms with Crippen LogP contribution >= 0.6 is 0 Å². The Labute approximate surface area is 321 Å². The minimum Gasteiger partial charge on any atom is -0.444 e. The SMILES string of the molecule is CC(C)(C)OC(=O)N1CC(N2CCC3(CC2)CC(N2CCC(C(=O)N4CCN(C(=O)c5cc(Cc6n[nH]c(=O)c7ccccc67)ccc5F)CC4)CC2)C3)C1. The largest absolute Gasteiger partial charge is 0.444 e. The molecule has 12 nitrogen and oxygen atoms in total. The number of carbonyl (C=O) groups excluding carboxylic acids is 3. The molecule has 5 aliphatic rings. The number of rotatable bonds is 6. The first-order chi connectivity index (χ1) is 26.3. The number of carbonyl (C=O) groups is 3. The Morgan fingerprint density at radius 1 is 0.836 bits per heavy atom. The number of fused-ring (bicyclic) bond motifs is 1. The highest BCUT2D eigenvalue weighted by Crippen LogP contribution is 2.52. The summed E-state index contributed by atoms with van der Waals surface area (Å²) in [6, 6.07) is 12.8. The van der Waals surface area contributed by atoms with Gasteiger partial charge in [0.05, 0.1) is 16.6 Å². The molecular formula is C42H54FN7O5. The third kappa shape index (κ3) is 7.87. The maximum atomic E-state index is 15.0. The zero-order valence-corrected chi connectivity index (χ0v) is 32.4. The summed E-state index contributed by atoms with van der Waals surface area (Å²) in [5, 5.41) is 8.02. The second kappa shape index (κ2) is 14.9. The van der Waals surface area contributed by atoms with Crippen molar-refractivity contribution in [3.8, 4) is 0 Å². The number of nitrogens with zero attached hydrogens (tertiary/aromatic N) is 6. The molecule has 2 aromatic carbocycles. The quantitative estimate of drug-likeness (QED) is 0.390. The highest BCUT2D eigenvalue weighted by Gasteiger charge is 2.50. The van der Waals surface area contributed by atoms with Gasteiger partial charge in [-0.05, 0) is 115 Å². The Kier molecular flexibility index (Phi) is 10.2. The summed E-state index contributed by atoms with van der Waals surface area (Å²) >= 11 is 0. The molecule has 1 aliphatic carbocycles. The molecule has 5 heterocycles. The number of piperidine rings is 2. The van der Waals surface area contributed by atoms with Crippen molar-refractivity contribution in [1.29, 1.82) is 0 Å². The topological polar surface area (TPSA) is 122 Å². The first kappa shape index (κ1) is 37.6. The third-order valence-electron chi connectivity index (χ3n) is 12.9. The fourth-order valence-corrected chi connectivity index (χ4v) is 9.55. The lowest BCUT2D eigenvalue weighted by atomic mass is 9.59. The minimum absolute atomic E-state index is 0.00485. The molecule has 1 aromatic heterocycles. The second-order valence-corrected chi connectivity index (χ2v) is 17.6. The minimum atomic E-state index is -0.581. The van der Waals surface area contributed by atoms with Crippen LogP contribution < -0.4 is 5.56 Å². The molecule has 294 valence electrons. The van der Waals surface area contributed by atoms with Gasteiger partial charge in [-0.3, -0.25) is 19.3 Å². The molecule has 0 unspecified atom stereocenters. The van der Waals surface area contributed by atoms with Gasteiger partial charge in [-0.2, -0.15) is 5.10 Å². The van der Waals surface area contributed by atoms with Crippen molar-refractivity contribution in [2.45, 2.75) is 83.4 Å². The molecule has 0 atom stereocenters. The molecule has 3 amide bonds. The van der Waals surface area contributed by atoms with Crippen molar-refractivity contribution in [3.05, 3.63) is 75.5 Å². The van der Waals surface area contributed by atoms with Crippen LogP contribution in [0.25, 0.3) is 10.8 Å². The Balaban J connectivity index is 0.762. The van der Waals surface area contributed by atoms with Crippen LogP contribution in [0.3, 0.4) is 0 Å². The number of piperazine rings is 1. The molecule has 1 spiro atoms. The van der Waals surface area contributed by atoms with Gasteiger partial charge in [-0.15, -0.1) is 0 Å². The second-order valence-electron chi connectivity index (χ2n) is 17.6. The van der Waals surface area contributed by atoms with E-state index in [2.05, 4.69) is 20.0 Å². The predicted octanol–water partition coefficient (Wildman–Crippen LogP) is 4.51. The van der Waals surface area contributed by atoms with Crippen LogP contribution in [0.15, 0.2) is 47.3 Å². The van der Waals surface area contributed by atoms with Crippen molar-refractivity contribution in [2.24, 2.45) is 11.3 Å². The zero-order chi connectivity index (χ0) is 38.5. The fraction of sp³-hybridized carbons (Fsp3) is 0.595. The molecule has 1 saturated carbocycles. The highest BCUT2D eigenvalue weighted by atomic mass is 19.1. The van der Waals surface area contributed by atoms with Crippen molar-refractivity contribution >= 4 is 28.7 Å². The van der Waals surface area contributed by atoms with Gasteiger partial charge >= 0.3 is 6.09 Å². The van der Waals surface area contributed by atoms with Gasteiger partial charge in [-0.1, -0.05) is 24.3 Å². The van der Waals surface area contributed by atoms with Gasteiger partial charge in [-0.25, -0.2) is 14.3 Å². The predicted molar refractivity (Wildman–Crippen MR) is 206 cm³/mol. The lowest BCUT2D eigenvalue weighted by Gasteiger charge is -2.58. The van der Waals surface area contributed by atoms with E-state index in [1.54, 1.807) is 29.2 Å². The summed E-state index contributed by atoms with van der Waals surface area (Å²) in [5.74, 6) is -0.775. The number of ether oxygens (including phenoxy) is 1. The van der Waals surface area contributed by atoms with Crippen LogP contribution in [0, 0.1) is 17.2 Å². The Morgan fingerprint density at radius 3 is 2.15 bits per heavy atom. The van der Waals surface area contributed by atoms with Gasteiger partial charge < -0.3 is 24.3 Å². The fourth-order valence-electron chi connectivity index (χ4n) is 9.55. The summed E-state index contributed by atoms with van der Waals surface area (Å²) in [5.41, 5.74) is 1.08. The number of benzene rings is 2. The van der Waals surface area contributed by atoms with Crippen LogP contribution in [0.2, 0.25) is 0 Å². The maximum Gasteiger partial charge on any atom is 0.410 e. The Bertz CT molecular complexity index is 1980. The van der Waals surface area contributed by atoms with Crippen LogP contribution in [0.4, 0.5) is 9.18 Å². The van der Waals surface area contributed by atoms with E-state index in [4.69, 9.17) is 4.74 Å². The van der Waals surface area contributed by atoms with Crippen molar-refractivity contribution in [2.75, 3.05) is 65.4 Å². The zero-order valence-electron chi connectivity index (χ0n) is 32.4. The Hall–Kier alpha value is -4.36. The number of hydrogen-bond acceptors (Lipinski definition) is 8. The van der Waals surface area contributed by atoms with E-state index in [-0.39, 0.29) is 34.9 Å². The number of aromatic amines is 1. The van der Waals surface area contributed by atoms with E-state index < -0.39 is 11.4 Å². The van der Waals surface area contributed by atoms with Gasteiger partial charge in [0.25, 0.3) is 11.5 Å². The number of halogens is 1. The van der Waals surface area contributed by atoms with Crippen LogP contribution in [0.5, 0.6) is 0 Å². The van der Waals surface area contributed by atoms with Crippen molar-refractivity contribution in [3.63, 3.8) is 0 Å². The van der Waals surface area contributed by atoms with Crippen molar-refractivity contribution in [1.82, 2.24) is 34.7 Å². The third-order valence-corrected chi connectivity index (χ3v) is 12.9. The first-order valence-corrected chi connectivity index (χ1v) is 20.1. The molecule has 13 heteroatoms. The number of likely N-dealkylation sites (tertiary alicyclic amines) is 3. The van der Waals surface area contributed by atoms with E-state index in [1.165, 1.54) is 31.7 Å². The summed E-state index contributed by atoms with van der Waals surface area (Å²) in [6.45, 7) is 13.0. The molecule has 0 radical (unpaired) electrons. The molecule has 0 bridgehead atoms. The summed E-state index contributed by atoms with van der Waals surface area (Å²) in [4.78, 5) is 62.2. The molecule has 5 fully saturated rings. The van der Waals surface area contributed by atoms with E-state index in [0.717, 1.165) is 63.1 Å². The number of nitrogens with one attached hydrogen (secondary N) is 1. The first-order valence-electron chi connectivity index (χ1n) is 20.1. The number of aromatic nitrogens is 2. The molecule has 3 aromatic rings. The van der Waals surface area contributed by atoms with Crippen LogP contribution in [0.1, 0.15) is 80.9 Å². The average molecular weight is 756 g/mol. The van der Waals surface area contributed by atoms with Crippen molar-refractivity contribution < 1.29 is 23.5 Å². The van der Waals surface area contributed by atoms with Gasteiger partial charge in [0.1, 0.15) is 11.4 Å². The van der Waals surface area contributed by atoms with E-state index in [9.17, 15) is 19.2 Å². The molecule has 4 aliphatic heterocycles. The summed E-state index contributed by atoms with van der Waals surface area (Å²) < 4.78 is 20.6. The smallest absolute Gasteiger partial charge is 0.410 e. The maximum absolute atomic E-state index is 15.0. The molecule has 8 rings (SSSR count). The normalized spacial score (nSPS) is 21.8. The lowest BCUT2D eigenvalue weighted by molar-refractivity contribution is -0.139. The monoisotopic (exact) mass is 755 g/mol. The van der Waals surface area contributed by atoms with Gasteiger partial charge in [0.15, 0.2) is 0 Å². The number of hydrogen-bond donors (Lipinski definition) is 1. The number of H-pyrrole nitrogens is 1. The summed E-state index contributed by atoms with van der Waals surface area (Å²) in [7, 11) is 0. The van der Waals surface area contributed by atoms with E-state index in [0.29, 0.717) is 61.2 Å². The highest BCUT2D eigenvalue weighted by molar-refractivity contribution is 5.95. The Morgan fingerprint density at radius 2 is 1.47 bits per heavy atom.